The molecule has 1 saturated carbocycles. The summed E-state index contributed by atoms with van der Waals surface area (Å²) in [6, 6.07) is 1.98. The van der Waals surface area contributed by atoms with Crippen molar-refractivity contribution in [1.29, 1.82) is 0 Å². The number of hydrogen-bond acceptors (Lipinski definition) is 4. The van der Waals surface area contributed by atoms with Crippen LogP contribution in [-0.4, -0.2) is 28.4 Å². The summed E-state index contributed by atoms with van der Waals surface area (Å²) in [5.41, 5.74) is 6.43. The van der Waals surface area contributed by atoms with Crippen LogP contribution >= 0.6 is 0 Å². The van der Waals surface area contributed by atoms with Crippen LogP contribution in [-0.2, 0) is 5.54 Å². The topological polar surface area (TPSA) is 54.5 Å². The second-order valence-corrected chi connectivity index (χ2v) is 4.94. The Labute approximate surface area is 99.4 Å². The molecule has 17 heavy (non-hydrogen) atoms. The summed E-state index contributed by atoms with van der Waals surface area (Å²) in [4.78, 5) is 10.3. The first-order chi connectivity index (χ1) is 8.11. The van der Waals surface area contributed by atoms with E-state index in [2.05, 4.69) is 14.9 Å². The maximum atomic E-state index is 13.3. The van der Waals surface area contributed by atoms with Crippen LogP contribution < -0.4 is 5.73 Å². The highest BCUT2D eigenvalue weighted by molar-refractivity contribution is 5.82. The molecule has 2 aliphatic rings. The minimum atomic E-state index is -0.347. The van der Waals surface area contributed by atoms with Crippen LogP contribution in [0.25, 0.3) is 0 Å². The molecule has 2 heterocycles. The van der Waals surface area contributed by atoms with E-state index >= 15 is 0 Å². The smallest absolute Gasteiger partial charge is 0.192 e. The molecule has 90 valence electrons. The van der Waals surface area contributed by atoms with Crippen molar-refractivity contribution < 1.29 is 4.39 Å². The number of nitrogens with two attached hydrogens (primary N) is 1. The van der Waals surface area contributed by atoms with Crippen molar-refractivity contribution in [1.82, 2.24) is 9.88 Å². The van der Waals surface area contributed by atoms with Crippen LogP contribution in [0.2, 0.25) is 0 Å². The van der Waals surface area contributed by atoms with Gasteiger partial charge in [0.05, 0.1) is 18.3 Å². The molecule has 1 aliphatic heterocycles. The number of rotatable bonds is 2. The molecule has 0 amide bonds. The van der Waals surface area contributed by atoms with Gasteiger partial charge in [-0.15, -0.1) is 0 Å². The van der Waals surface area contributed by atoms with Gasteiger partial charge in [0, 0.05) is 17.8 Å². The molecule has 1 unspecified atom stereocenters. The third-order valence-corrected chi connectivity index (χ3v) is 3.57. The highest BCUT2D eigenvalue weighted by Crippen LogP contribution is 2.41. The molecule has 2 N–H and O–H groups in total. The lowest BCUT2D eigenvalue weighted by Gasteiger charge is -2.36. The van der Waals surface area contributed by atoms with Gasteiger partial charge in [0.25, 0.3) is 0 Å². The average molecular weight is 234 g/mol. The van der Waals surface area contributed by atoms with Crippen molar-refractivity contribution in [3.63, 3.8) is 0 Å². The second kappa shape index (κ2) is 3.42. The number of aromatic nitrogens is 1. The maximum absolute atomic E-state index is 13.3. The predicted molar refractivity (Wildman–Crippen MR) is 62.9 cm³/mol. The lowest BCUT2D eigenvalue weighted by atomic mass is 9.92. The largest absolute Gasteiger partial charge is 0.370 e. The van der Waals surface area contributed by atoms with Crippen molar-refractivity contribution in [3.05, 3.63) is 29.8 Å². The number of halogens is 1. The number of guanidine groups is 1. The third-order valence-electron chi connectivity index (χ3n) is 3.57. The van der Waals surface area contributed by atoms with Crippen molar-refractivity contribution >= 4 is 5.96 Å². The van der Waals surface area contributed by atoms with Crippen molar-refractivity contribution in [2.75, 3.05) is 6.54 Å². The third kappa shape index (κ3) is 1.57. The summed E-state index contributed by atoms with van der Waals surface area (Å²) in [6.45, 7) is 2.62. The first kappa shape index (κ1) is 10.5. The van der Waals surface area contributed by atoms with E-state index in [0.717, 1.165) is 18.4 Å². The van der Waals surface area contributed by atoms with Gasteiger partial charge in [0.1, 0.15) is 5.82 Å². The Kier molecular flexibility index (Phi) is 2.11. The molecule has 1 aromatic heterocycles. The molecule has 0 saturated heterocycles. The zero-order chi connectivity index (χ0) is 12.0. The first-order valence-electron chi connectivity index (χ1n) is 5.81. The van der Waals surface area contributed by atoms with Crippen LogP contribution in [0, 0.1) is 5.82 Å². The van der Waals surface area contributed by atoms with Crippen LogP contribution in [0.15, 0.2) is 23.5 Å². The minimum absolute atomic E-state index is 0.315. The summed E-state index contributed by atoms with van der Waals surface area (Å²) in [5.74, 6) is 0.254. The van der Waals surface area contributed by atoms with Crippen molar-refractivity contribution in [2.45, 2.75) is 31.3 Å². The Morgan fingerprint density at radius 1 is 1.47 bits per heavy atom. The average Bonchev–Trinajstić information content (AvgIpc) is 3.07. The molecule has 5 heteroatoms. The van der Waals surface area contributed by atoms with Gasteiger partial charge in [-0.25, -0.2) is 4.39 Å². The van der Waals surface area contributed by atoms with Gasteiger partial charge in [-0.3, -0.25) is 9.98 Å². The van der Waals surface area contributed by atoms with Gasteiger partial charge in [0.15, 0.2) is 5.96 Å². The summed E-state index contributed by atoms with van der Waals surface area (Å²) >= 11 is 0. The molecule has 1 atom stereocenters. The molecule has 4 nitrogen and oxygen atoms in total. The van der Waals surface area contributed by atoms with Crippen molar-refractivity contribution in [3.8, 4) is 0 Å². The van der Waals surface area contributed by atoms with E-state index in [9.17, 15) is 4.39 Å². The van der Waals surface area contributed by atoms with Gasteiger partial charge in [-0.1, -0.05) is 0 Å². The fraction of sp³-hybridized carbons (Fsp3) is 0.500. The van der Waals surface area contributed by atoms with E-state index in [-0.39, 0.29) is 11.4 Å². The number of nitrogens with zero attached hydrogens (tertiary/aromatic N) is 3. The standard InChI is InChI=1S/C12H15FN4/c1-12(8-4-9(13)6-15-5-8)7-16-11(14)17(12)10-2-3-10/h4-6,10H,2-3,7H2,1H3,(H2,14,16). The molecule has 0 spiro atoms. The Morgan fingerprint density at radius 2 is 2.24 bits per heavy atom. The summed E-state index contributed by atoms with van der Waals surface area (Å²) < 4.78 is 13.3. The molecular formula is C12H15FN4. The molecule has 1 aliphatic carbocycles. The number of aliphatic imine (C=N–C) groups is 1. The molecule has 0 bridgehead atoms. The van der Waals surface area contributed by atoms with Gasteiger partial charge < -0.3 is 10.6 Å². The fourth-order valence-electron chi connectivity index (χ4n) is 2.50. The van der Waals surface area contributed by atoms with Crippen molar-refractivity contribution in [2.24, 2.45) is 10.7 Å². The monoisotopic (exact) mass is 234 g/mol. The van der Waals surface area contributed by atoms with Crippen LogP contribution in [0.4, 0.5) is 4.39 Å². The lowest BCUT2D eigenvalue weighted by Crippen LogP contribution is -2.48. The number of hydrogen-bond donors (Lipinski definition) is 1. The van der Waals surface area contributed by atoms with Crippen LogP contribution in [0.3, 0.4) is 0 Å². The van der Waals surface area contributed by atoms with E-state index in [1.54, 1.807) is 6.20 Å². The van der Waals surface area contributed by atoms with E-state index in [4.69, 9.17) is 5.73 Å². The maximum Gasteiger partial charge on any atom is 0.192 e. The SMILES string of the molecule is CC1(c2cncc(F)c2)CN=C(N)N1C1CC1. The molecule has 0 radical (unpaired) electrons. The Morgan fingerprint density at radius 3 is 2.88 bits per heavy atom. The van der Waals surface area contributed by atoms with E-state index in [1.165, 1.54) is 12.3 Å². The fourth-order valence-corrected chi connectivity index (χ4v) is 2.50. The Balaban J connectivity index is 2.00. The Bertz CT molecular complexity index is 483. The zero-order valence-electron chi connectivity index (χ0n) is 9.73. The second-order valence-electron chi connectivity index (χ2n) is 4.94. The van der Waals surface area contributed by atoms with Gasteiger partial charge in [-0.2, -0.15) is 0 Å². The minimum Gasteiger partial charge on any atom is -0.370 e. The highest BCUT2D eigenvalue weighted by Gasteiger charge is 2.47. The highest BCUT2D eigenvalue weighted by atomic mass is 19.1. The Hall–Kier alpha value is -1.65. The molecule has 3 rings (SSSR count). The molecule has 0 aromatic carbocycles. The quantitative estimate of drug-likeness (QED) is 0.837. The summed E-state index contributed by atoms with van der Waals surface area (Å²) in [6.07, 6.45) is 5.18. The molecular weight excluding hydrogens is 219 g/mol. The van der Waals surface area contributed by atoms with Gasteiger partial charge in [-0.05, 0) is 25.8 Å². The summed E-state index contributed by atoms with van der Waals surface area (Å²) in [5, 5.41) is 0. The predicted octanol–water partition coefficient (Wildman–Crippen LogP) is 1.23. The van der Waals surface area contributed by atoms with Gasteiger partial charge in [0.2, 0.25) is 0 Å². The zero-order valence-corrected chi connectivity index (χ0v) is 9.73. The van der Waals surface area contributed by atoms with E-state index in [1.807, 2.05) is 6.92 Å². The number of pyridine rings is 1. The summed E-state index contributed by atoms with van der Waals surface area (Å²) in [7, 11) is 0. The molecule has 1 fully saturated rings. The van der Waals surface area contributed by atoms with Gasteiger partial charge >= 0.3 is 0 Å². The van der Waals surface area contributed by atoms with E-state index < -0.39 is 0 Å². The molecule has 1 aromatic rings. The van der Waals surface area contributed by atoms with Crippen LogP contribution in [0.1, 0.15) is 25.3 Å². The first-order valence-corrected chi connectivity index (χ1v) is 5.81. The lowest BCUT2D eigenvalue weighted by molar-refractivity contribution is 0.215. The van der Waals surface area contributed by atoms with E-state index in [0.29, 0.717) is 18.5 Å². The normalized spacial score (nSPS) is 28.4. The van der Waals surface area contributed by atoms with Crippen LogP contribution in [0.5, 0.6) is 0 Å².